The summed E-state index contributed by atoms with van der Waals surface area (Å²) in [7, 11) is 0. The maximum absolute atomic E-state index is 12.3. The van der Waals surface area contributed by atoms with E-state index in [4.69, 9.17) is 32.4 Å². The second-order valence-electron chi connectivity index (χ2n) is 6.66. The Hall–Kier alpha value is -3.02. The van der Waals surface area contributed by atoms with Crippen LogP contribution in [0.2, 0.25) is 10.0 Å². The van der Waals surface area contributed by atoms with Crippen molar-refractivity contribution in [3.63, 3.8) is 0 Å². The lowest BCUT2D eigenvalue weighted by molar-refractivity contribution is -0.118. The van der Waals surface area contributed by atoms with E-state index >= 15 is 0 Å². The van der Waals surface area contributed by atoms with Crippen LogP contribution in [0.25, 0.3) is 22.6 Å². The average Bonchev–Trinajstić information content (AvgIpc) is 3.18. The molecule has 0 atom stereocenters. The first kappa shape index (κ1) is 20.3. The van der Waals surface area contributed by atoms with E-state index < -0.39 is 0 Å². The van der Waals surface area contributed by atoms with E-state index in [0.717, 1.165) is 11.9 Å². The predicted molar refractivity (Wildman–Crippen MR) is 119 cm³/mol. The van der Waals surface area contributed by atoms with Crippen LogP contribution in [-0.2, 0) is 11.2 Å². The molecule has 0 saturated heterocycles. The smallest absolute Gasteiger partial charge is 0.262 e. The third-order valence-electron chi connectivity index (χ3n) is 4.53. The number of amides is 1. The molecule has 30 heavy (non-hydrogen) atoms. The van der Waals surface area contributed by atoms with Crippen LogP contribution < -0.4 is 10.1 Å². The van der Waals surface area contributed by atoms with Crippen LogP contribution in [0, 0.1) is 0 Å². The van der Waals surface area contributed by atoms with Gasteiger partial charge in [-0.15, -0.1) is 0 Å². The monoisotopic (exact) mass is 440 g/mol. The second kappa shape index (κ2) is 8.78. The first-order valence-corrected chi connectivity index (χ1v) is 10.1. The van der Waals surface area contributed by atoms with Crippen molar-refractivity contribution in [2.24, 2.45) is 0 Å². The highest BCUT2D eigenvalue weighted by Gasteiger charge is 2.13. The van der Waals surface area contributed by atoms with Gasteiger partial charge in [0.15, 0.2) is 12.2 Å². The van der Waals surface area contributed by atoms with Gasteiger partial charge in [-0.2, -0.15) is 0 Å². The van der Waals surface area contributed by atoms with Crippen LogP contribution >= 0.6 is 23.2 Å². The number of carbonyl (C=O) groups is 1. The van der Waals surface area contributed by atoms with Gasteiger partial charge in [0.05, 0.1) is 10.7 Å². The molecule has 0 bridgehead atoms. The molecule has 0 unspecified atom stereocenters. The third-order valence-corrected chi connectivity index (χ3v) is 5.11. The minimum atomic E-state index is -0.339. The zero-order valence-electron chi connectivity index (χ0n) is 16.1. The number of benzene rings is 3. The van der Waals surface area contributed by atoms with Crippen LogP contribution in [-0.4, -0.2) is 17.5 Å². The Kier molecular flexibility index (Phi) is 5.93. The molecular weight excluding hydrogens is 423 g/mol. The molecule has 4 rings (SSSR count). The van der Waals surface area contributed by atoms with Crippen molar-refractivity contribution in [3.05, 3.63) is 76.3 Å². The lowest BCUT2D eigenvalue weighted by Crippen LogP contribution is -2.20. The molecule has 152 valence electrons. The predicted octanol–water partition coefficient (Wildman–Crippen LogP) is 6.38. The number of ether oxygens (including phenoxy) is 1. The van der Waals surface area contributed by atoms with E-state index in [-0.39, 0.29) is 12.5 Å². The molecule has 1 aromatic heterocycles. The van der Waals surface area contributed by atoms with Gasteiger partial charge in [0.1, 0.15) is 11.3 Å². The molecular formula is C23H18Cl2N2O3. The van der Waals surface area contributed by atoms with Crippen LogP contribution in [0.1, 0.15) is 12.5 Å². The van der Waals surface area contributed by atoms with Crippen LogP contribution in [0.15, 0.2) is 65.1 Å². The Morgan fingerprint density at radius 3 is 2.63 bits per heavy atom. The summed E-state index contributed by atoms with van der Waals surface area (Å²) in [6, 6.07) is 17.9. The number of nitrogens with one attached hydrogen (secondary N) is 1. The fraction of sp³-hybridized carbons (Fsp3) is 0.130. The van der Waals surface area contributed by atoms with E-state index in [0.29, 0.717) is 38.5 Å². The molecule has 0 radical (unpaired) electrons. The van der Waals surface area contributed by atoms with E-state index in [9.17, 15) is 4.79 Å². The molecule has 4 aromatic rings. The quantitative estimate of drug-likeness (QED) is 0.377. The van der Waals surface area contributed by atoms with Gasteiger partial charge >= 0.3 is 0 Å². The van der Waals surface area contributed by atoms with Gasteiger partial charge in [-0.25, -0.2) is 4.98 Å². The highest BCUT2D eigenvalue weighted by atomic mass is 35.5. The fourth-order valence-electron chi connectivity index (χ4n) is 2.94. The van der Waals surface area contributed by atoms with Gasteiger partial charge < -0.3 is 14.5 Å². The fourth-order valence-corrected chi connectivity index (χ4v) is 3.23. The molecule has 1 N–H and O–H groups in total. The van der Waals surface area contributed by atoms with Gasteiger partial charge in [0, 0.05) is 10.6 Å². The Balaban J connectivity index is 1.50. The molecule has 1 amide bonds. The highest BCUT2D eigenvalue weighted by Crippen LogP contribution is 2.31. The van der Waals surface area contributed by atoms with Crippen molar-refractivity contribution in [3.8, 4) is 17.2 Å². The first-order valence-electron chi connectivity index (χ1n) is 9.39. The molecule has 3 aromatic carbocycles. The number of hydrogen-bond donors (Lipinski definition) is 1. The Morgan fingerprint density at radius 1 is 1.07 bits per heavy atom. The molecule has 1 heterocycles. The molecule has 0 saturated carbocycles. The number of anilines is 1. The van der Waals surface area contributed by atoms with Gasteiger partial charge in [0.25, 0.3) is 5.91 Å². The number of aryl methyl sites for hydroxylation is 1. The number of halogens is 2. The molecule has 7 heteroatoms. The third kappa shape index (κ3) is 4.58. The first-order chi connectivity index (χ1) is 14.5. The summed E-state index contributed by atoms with van der Waals surface area (Å²) >= 11 is 12.1. The summed E-state index contributed by atoms with van der Waals surface area (Å²) < 4.78 is 11.3. The van der Waals surface area contributed by atoms with E-state index in [1.54, 1.807) is 42.5 Å². The minimum Gasteiger partial charge on any atom is -0.484 e. The van der Waals surface area contributed by atoms with Gasteiger partial charge in [0.2, 0.25) is 5.89 Å². The van der Waals surface area contributed by atoms with Crippen molar-refractivity contribution in [2.45, 2.75) is 13.3 Å². The number of carbonyl (C=O) groups excluding carboxylic acids is 1. The maximum atomic E-state index is 12.3. The van der Waals surface area contributed by atoms with Crippen LogP contribution in [0.5, 0.6) is 5.75 Å². The summed E-state index contributed by atoms with van der Waals surface area (Å²) in [5, 5.41) is 3.77. The summed E-state index contributed by atoms with van der Waals surface area (Å²) in [6.45, 7) is 1.93. The number of fused-ring (bicyclic) bond motifs is 1. The summed E-state index contributed by atoms with van der Waals surface area (Å²) in [5.74, 6) is 0.671. The van der Waals surface area contributed by atoms with Gasteiger partial charge in [-0.3, -0.25) is 4.79 Å². The average molecular weight is 441 g/mol. The standard InChI is InChI=1S/C23H18Cl2N2O3/c1-2-14-3-10-21-20(11-14)27-23(30-21)15-4-9-18(25)19(12-15)26-22(28)13-29-17-7-5-16(24)6-8-17/h3-12H,2,13H2,1H3,(H,26,28). The Morgan fingerprint density at radius 2 is 1.87 bits per heavy atom. The summed E-state index contributed by atoms with van der Waals surface area (Å²) in [5.41, 5.74) is 3.85. The van der Waals surface area contributed by atoms with Crippen molar-refractivity contribution < 1.29 is 13.9 Å². The second-order valence-corrected chi connectivity index (χ2v) is 7.50. The van der Waals surface area contributed by atoms with Crippen molar-refractivity contribution in [1.29, 1.82) is 0 Å². The summed E-state index contributed by atoms with van der Waals surface area (Å²) in [6.07, 6.45) is 0.924. The van der Waals surface area contributed by atoms with Crippen molar-refractivity contribution >= 4 is 45.9 Å². The number of hydrogen-bond acceptors (Lipinski definition) is 4. The minimum absolute atomic E-state index is 0.162. The van der Waals surface area contributed by atoms with Crippen molar-refractivity contribution in [2.75, 3.05) is 11.9 Å². The molecule has 0 aliphatic carbocycles. The Labute approximate surface area is 183 Å². The number of nitrogens with zero attached hydrogens (tertiary/aromatic N) is 1. The lowest BCUT2D eigenvalue weighted by Gasteiger charge is -2.10. The largest absolute Gasteiger partial charge is 0.484 e. The normalized spacial score (nSPS) is 10.9. The summed E-state index contributed by atoms with van der Waals surface area (Å²) in [4.78, 5) is 16.9. The maximum Gasteiger partial charge on any atom is 0.262 e. The van der Waals surface area contributed by atoms with Crippen LogP contribution in [0.4, 0.5) is 5.69 Å². The van der Waals surface area contributed by atoms with Crippen LogP contribution in [0.3, 0.4) is 0 Å². The van der Waals surface area contributed by atoms with Crippen molar-refractivity contribution in [1.82, 2.24) is 4.98 Å². The molecule has 0 fully saturated rings. The topological polar surface area (TPSA) is 64.4 Å². The molecule has 0 spiro atoms. The van der Waals surface area contributed by atoms with E-state index in [1.165, 1.54) is 5.56 Å². The zero-order chi connectivity index (χ0) is 21.1. The Bertz CT molecular complexity index is 1200. The van der Waals surface area contributed by atoms with Gasteiger partial charge in [-0.1, -0.05) is 36.2 Å². The number of oxazole rings is 1. The lowest BCUT2D eigenvalue weighted by atomic mass is 10.1. The van der Waals surface area contributed by atoms with E-state index in [1.807, 2.05) is 18.2 Å². The molecule has 5 nitrogen and oxygen atoms in total. The van der Waals surface area contributed by atoms with Gasteiger partial charge in [-0.05, 0) is 66.6 Å². The molecule has 0 aliphatic rings. The zero-order valence-corrected chi connectivity index (χ0v) is 17.6. The molecule has 0 aliphatic heterocycles. The SMILES string of the molecule is CCc1ccc2oc(-c3ccc(Cl)c(NC(=O)COc4ccc(Cl)cc4)c3)nc2c1. The van der Waals surface area contributed by atoms with E-state index in [2.05, 4.69) is 17.2 Å². The highest BCUT2D eigenvalue weighted by molar-refractivity contribution is 6.33. The number of aromatic nitrogens is 1. The number of rotatable bonds is 6.